The van der Waals surface area contributed by atoms with E-state index in [4.69, 9.17) is 4.42 Å². The number of rotatable bonds is 4. The second-order valence-corrected chi connectivity index (χ2v) is 6.24. The topological polar surface area (TPSA) is 67.8 Å². The van der Waals surface area contributed by atoms with Crippen molar-refractivity contribution < 1.29 is 14.0 Å². The van der Waals surface area contributed by atoms with Crippen LogP contribution in [0.1, 0.15) is 30.8 Å². The summed E-state index contributed by atoms with van der Waals surface area (Å²) in [6.45, 7) is 4.73. The molecule has 1 fully saturated rings. The van der Waals surface area contributed by atoms with Gasteiger partial charge in [-0.2, -0.15) is 0 Å². The molecule has 126 valence electrons. The normalized spacial score (nSPS) is 18.6. The molecule has 3 rings (SSSR count). The summed E-state index contributed by atoms with van der Waals surface area (Å²) in [6, 6.07) is 9.18. The van der Waals surface area contributed by atoms with Gasteiger partial charge in [0.2, 0.25) is 11.8 Å². The van der Waals surface area contributed by atoms with Gasteiger partial charge < -0.3 is 9.32 Å². The Hall–Kier alpha value is -2.63. The number of carbonyl (C=O) groups excluding carboxylic acids is 2. The Balaban J connectivity index is 1.78. The maximum absolute atomic E-state index is 12.8. The quantitative estimate of drug-likeness (QED) is 0.863. The van der Waals surface area contributed by atoms with Crippen LogP contribution in [-0.2, 0) is 11.3 Å². The van der Waals surface area contributed by atoms with Crippen molar-refractivity contribution in [3.63, 3.8) is 0 Å². The standard InChI is InChI=1S/C18H21N3O3/c1-13(2)19-16-7-3-4-8-21(16)18(23)14-10-17(22)20(11-14)12-15-6-5-9-24-15/h3-9,13-14H,10-12H2,1-2H3/t14-/m0/s1. The zero-order chi connectivity index (χ0) is 17.1. The van der Waals surface area contributed by atoms with E-state index in [0.29, 0.717) is 18.6 Å². The number of aromatic nitrogens is 1. The maximum atomic E-state index is 12.8. The molecule has 2 aromatic heterocycles. The van der Waals surface area contributed by atoms with E-state index in [1.54, 1.807) is 34.1 Å². The summed E-state index contributed by atoms with van der Waals surface area (Å²) in [7, 11) is 0. The van der Waals surface area contributed by atoms with Gasteiger partial charge in [-0.1, -0.05) is 6.07 Å². The van der Waals surface area contributed by atoms with E-state index in [-0.39, 0.29) is 30.2 Å². The van der Waals surface area contributed by atoms with Crippen molar-refractivity contribution in [1.82, 2.24) is 9.47 Å². The Kier molecular flexibility index (Phi) is 4.64. The largest absolute Gasteiger partial charge is 0.467 e. The van der Waals surface area contributed by atoms with Crippen LogP contribution < -0.4 is 5.49 Å². The highest BCUT2D eigenvalue weighted by Crippen LogP contribution is 2.21. The van der Waals surface area contributed by atoms with Gasteiger partial charge in [0.05, 0.1) is 18.7 Å². The van der Waals surface area contributed by atoms with Crippen molar-refractivity contribution in [2.75, 3.05) is 6.54 Å². The minimum Gasteiger partial charge on any atom is -0.467 e. The minimum absolute atomic E-state index is 0.0244. The van der Waals surface area contributed by atoms with Crippen LogP contribution in [0.5, 0.6) is 0 Å². The van der Waals surface area contributed by atoms with Gasteiger partial charge in [-0.25, -0.2) is 0 Å². The highest BCUT2D eigenvalue weighted by Gasteiger charge is 2.35. The molecule has 0 N–H and O–H groups in total. The van der Waals surface area contributed by atoms with Crippen LogP contribution in [0.25, 0.3) is 0 Å². The third-order valence-electron chi connectivity index (χ3n) is 3.96. The summed E-state index contributed by atoms with van der Waals surface area (Å²) in [4.78, 5) is 31.2. The lowest BCUT2D eigenvalue weighted by Crippen LogP contribution is -2.33. The van der Waals surface area contributed by atoms with Gasteiger partial charge in [0, 0.05) is 25.2 Å². The second kappa shape index (κ2) is 6.86. The summed E-state index contributed by atoms with van der Waals surface area (Å²) < 4.78 is 6.84. The molecule has 1 aliphatic rings. The van der Waals surface area contributed by atoms with Gasteiger partial charge in [0.1, 0.15) is 11.2 Å². The summed E-state index contributed by atoms with van der Waals surface area (Å²) in [6.07, 6.45) is 3.52. The SMILES string of the molecule is CC(C)N=c1ccccn1C(=O)[C@H]1CC(=O)N(Cc2ccco2)C1. The summed E-state index contributed by atoms with van der Waals surface area (Å²) in [5.74, 6) is 0.245. The predicted octanol–water partition coefficient (Wildman–Crippen LogP) is 2.08. The van der Waals surface area contributed by atoms with Crippen LogP contribution in [0, 0.1) is 5.92 Å². The van der Waals surface area contributed by atoms with E-state index in [1.807, 2.05) is 32.0 Å². The zero-order valence-corrected chi connectivity index (χ0v) is 13.9. The first kappa shape index (κ1) is 16.2. The molecule has 0 radical (unpaired) electrons. The molecule has 1 atom stereocenters. The summed E-state index contributed by atoms with van der Waals surface area (Å²) in [5, 5.41) is 0. The average Bonchev–Trinajstić information content (AvgIpc) is 3.18. The molecule has 1 amide bonds. The summed E-state index contributed by atoms with van der Waals surface area (Å²) >= 11 is 0. The van der Waals surface area contributed by atoms with Crippen molar-refractivity contribution in [2.24, 2.45) is 10.9 Å². The lowest BCUT2D eigenvalue weighted by atomic mass is 10.1. The van der Waals surface area contributed by atoms with Gasteiger partial charge in [-0.3, -0.25) is 19.1 Å². The number of hydrogen-bond donors (Lipinski definition) is 0. The first-order valence-electron chi connectivity index (χ1n) is 8.10. The van der Waals surface area contributed by atoms with Gasteiger partial charge >= 0.3 is 0 Å². The Morgan fingerprint density at radius 3 is 2.88 bits per heavy atom. The molecular formula is C18H21N3O3. The molecule has 6 heteroatoms. The zero-order valence-electron chi connectivity index (χ0n) is 13.9. The Morgan fingerprint density at radius 1 is 1.33 bits per heavy atom. The first-order chi connectivity index (χ1) is 11.5. The fourth-order valence-corrected chi connectivity index (χ4v) is 2.87. The lowest BCUT2D eigenvalue weighted by molar-refractivity contribution is -0.128. The van der Waals surface area contributed by atoms with Gasteiger partial charge in [0.25, 0.3) is 0 Å². The third kappa shape index (κ3) is 3.48. The van der Waals surface area contributed by atoms with Gasteiger partial charge in [-0.15, -0.1) is 0 Å². The van der Waals surface area contributed by atoms with E-state index in [1.165, 1.54) is 0 Å². The number of carbonyl (C=O) groups is 2. The number of nitrogens with zero attached hydrogens (tertiary/aromatic N) is 3. The Bertz CT molecular complexity index is 790. The summed E-state index contributed by atoms with van der Waals surface area (Å²) in [5.41, 5.74) is 0.620. The van der Waals surface area contributed by atoms with Crippen LogP contribution in [0.2, 0.25) is 0 Å². The lowest BCUT2D eigenvalue weighted by Gasteiger charge is -2.15. The number of furan rings is 1. The highest BCUT2D eigenvalue weighted by molar-refractivity contribution is 5.90. The van der Waals surface area contributed by atoms with Crippen molar-refractivity contribution in [1.29, 1.82) is 0 Å². The molecule has 0 saturated carbocycles. The molecule has 0 spiro atoms. The Morgan fingerprint density at radius 2 is 2.17 bits per heavy atom. The molecule has 0 aliphatic carbocycles. The van der Waals surface area contributed by atoms with Crippen LogP contribution in [-0.4, -0.2) is 33.9 Å². The number of likely N-dealkylation sites (tertiary alicyclic amines) is 1. The number of pyridine rings is 1. The van der Waals surface area contributed by atoms with E-state index in [2.05, 4.69) is 4.99 Å². The molecule has 0 unspecified atom stereocenters. The molecule has 1 aliphatic heterocycles. The molecule has 24 heavy (non-hydrogen) atoms. The molecule has 3 heterocycles. The molecule has 0 bridgehead atoms. The number of hydrogen-bond acceptors (Lipinski definition) is 4. The average molecular weight is 327 g/mol. The van der Waals surface area contributed by atoms with Crippen molar-refractivity contribution >= 4 is 11.8 Å². The van der Waals surface area contributed by atoms with E-state index in [0.717, 1.165) is 5.76 Å². The van der Waals surface area contributed by atoms with E-state index < -0.39 is 0 Å². The van der Waals surface area contributed by atoms with Gasteiger partial charge in [0.15, 0.2) is 0 Å². The first-order valence-corrected chi connectivity index (χ1v) is 8.10. The van der Waals surface area contributed by atoms with Crippen LogP contribution in [0.3, 0.4) is 0 Å². The van der Waals surface area contributed by atoms with Crippen molar-refractivity contribution in [3.8, 4) is 0 Å². The predicted molar refractivity (Wildman–Crippen MR) is 88.0 cm³/mol. The van der Waals surface area contributed by atoms with E-state index in [9.17, 15) is 9.59 Å². The molecule has 0 aromatic carbocycles. The minimum atomic E-state index is -0.360. The van der Waals surface area contributed by atoms with E-state index >= 15 is 0 Å². The second-order valence-electron chi connectivity index (χ2n) is 6.24. The molecule has 1 saturated heterocycles. The Labute approximate surface area is 140 Å². The van der Waals surface area contributed by atoms with Crippen LogP contribution in [0.4, 0.5) is 0 Å². The van der Waals surface area contributed by atoms with Crippen LogP contribution in [0.15, 0.2) is 52.2 Å². The third-order valence-corrected chi connectivity index (χ3v) is 3.96. The fourth-order valence-electron chi connectivity index (χ4n) is 2.87. The highest BCUT2D eigenvalue weighted by atomic mass is 16.3. The van der Waals surface area contributed by atoms with Gasteiger partial charge in [-0.05, 0) is 38.1 Å². The fraction of sp³-hybridized carbons (Fsp3) is 0.389. The van der Waals surface area contributed by atoms with Crippen molar-refractivity contribution in [2.45, 2.75) is 32.9 Å². The molecular weight excluding hydrogens is 306 g/mol. The monoisotopic (exact) mass is 327 g/mol. The van der Waals surface area contributed by atoms with Crippen LogP contribution >= 0.6 is 0 Å². The molecule has 2 aromatic rings. The van der Waals surface area contributed by atoms with Crippen molar-refractivity contribution in [3.05, 3.63) is 54.0 Å². The number of amides is 1. The molecule has 6 nitrogen and oxygen atoms in total. The maximum Gasteiger partial charge on any atom is 0.237 e. The smallest absolute Gasteiger partial charge is 0.237 e.